The van der Waals surface area contributed by atoms with E-state index in [4.69, 9.17) is 4.98 Å². The van der Waals surface area contributed by atoms with Crippen molar-refractivity contribution in [2.45, 2.75) is 70.9 Å². The molecule has 1 amide bonds. The van der Waals surface area contributed by atoms with Gasteiger partial charge >= 0.3 is 0 Å². The Hall–Kier alpha value is -1.91. The predicted octanol–water partition coefficient (Wildman–Crippen LogP) is 3.56. The third-order valence-corrected chi connectivity index (χ3v) is 5.47. The van der Waals surface area contributed by atoms with Gasteiger partial charge in [-0.2, -0.15) is 5.10 Å². The molecule has 0 atom stereocenters. The molecule has 5 heteroatoms. The first-order valence-electron chi connectivity index (χ1n) is 9.14. The topological polar surface area (TPSA) is 51.0 Å². The minimum absolute atomic E-state index is 0.153. The molecule has 128 valence electrons. The van der Waals surface area contributed by atoms with Crippen molar-refractivity contribution < 1.29 is 4.79 Å². The maximum atomic E-state index is 13.5. The highest BCUT2D eigenvalue weighted by molar-refractivity contribution is 6.06. The van der Waals surface area contributed by atoms with Crippen molar-refractivity contribution in [1.82, 2.24) is 19.7 Å². The molecule has 2 saturated carbocycles. The van der Waals surface area contributed by atoms with E-state index in [1.807, 2.05) is 24.7 Å². The van der Waals surface area contributed by atoms with Crippen LogP contribution >= 0.6 is 0 Å². The Morgan fingerprint density at radius 3 is 2.54 bits per heavy atom. The molecular weight excluding hydrogens is 300 g/mol. The van der Waals surface area contributed by atoms with Crippen LogP contribution in [0.2, 0.25) is 0 Å². The zero-order chi connectivity index (χ0) is 17.0. The molecule has 2 aromatic heterocycles. The number of pyridine rings is 1. The first-order chi connectivity index (χ1) is 11.5. The van der Waals surface area contributed by atoms with E-state index < -0.39 is 0 Å². The number of aryl methyl sites for hydroxylation is 2. The molecule has 0 saturated heterocycles. The quantitative estimate of drug-likeness (QED) is 0.863. The predicted molar refractivity (Wildman–Crippen MR) is 94.2 cm³/mol. The lowest BCUT2D eigenvalue weighted by Crippen LogP contribution is -2.48. The molecule has 0 spiro atoms. The van der Waals surface area contributed by atoms with Crippen molar-refractivity contribution >= 4 is 16.9 Å². The highest BCUT2D eigenvalue weighted by Crippen LogP contribution is 2.41. The van der Waals surface area contributed by atoms with Crippen LogP contribution < -0.4 is 0 Å². The second-order valence-electron chi connectivity index (χ2n) is 7.67. The van der Waals surface area contributed by atoms with Gasteiger partial charge in [0.25, 0.3) is 5.91 Å². The smallest absolute Gasteiger partial charge is 0.255 e. The summed E-state index contributed by atoms with van der Waals surface area (Å²) < 4.78 is 1.82. The second kappa shape index (κ2) is 5.57. The van der Waals surface area contributed by atoms with E-state index in [0.717, 1.165) is 40.8 Å². The van der Waals surface area contributed by atoms with Gasteiger partial charge in [0.1, 0.15) is 0 Å². The average molecular weight is 326 g/mol. The lowest BCUT2D eigenvalue weighted by molar-refractivity contribution is 0.0491. The zero-order valence-corrected chi connectivity index (χ0v) is 15.0. The fourth-order valence-electron chi connectivity index (χ4n) is 3.85. The third-order valence-electron chi connectivity index (χ3n) is 5.47. The summed E-state index contributed by atoms with van der Waals surface area (Å²) in [6, 6.07) is 2.65. The van der Waals surface area contributed by atoms with Gasteiger partial charge in [-0.15, -0.1) is 0 Å². The lowest BCUT2D eigenvalue weighted by atomic mass is 9.89. The van der Waals surface area contributed by atoms with Gasteiger partial charge in [0.15, 0.2) is 5.65 Å². The van der Waals surface area contributed by atoms with Crippen LogP contribution in [-0.2, 0) is 7.05 Å². The van der Waals surface area contributed by atoms with Gasteiger partial charge in [0.05, 0.1) is 16.6 Å². The van der Waals surface area contributed by atoms with E-state index >= 15 is 0 Å². The van der Waals surface area contributed by atoms with Gasteiger partial charge in [0, 0.05) is 30.7 Å². The zero-order valence-electron chi connectivity index (χ0n) is 15.0. The molecule has 0 bridgehead atoms. The van der Waals surface area contributed by atoms with E-state index in [0.29, 0.717) is 12.0 Å². The molecule has 2 aliphatic rings. The monoisotopic (exact) mass is 326 g/mol. The van der Waals surface area contributed by atoms with Crippen molar-refractivity contribution in [1.29, 1.82) is 0 Å². The molecule has 5 nitrogen and oxygen atoms in total. The van der Waals surface area contributed by atoms with Crippen molar-refractivity contribution in [3.05, 3.63) is 23.0 Å². The molecule has 2 fully saturated rings. The third kappa shape index (κ3) is 2.41. The number of hydrogen-bond donors (Lipinski definition) is 0. The highest BCUT2D eigenvalue weighted by atomic mass is 16.2. The average Bonchev–Trinajstić information content (AvgIpc) is 3.29. The molecule has 0 N–H and O–H groups in total. The van der Waals surface area contributed by atoms with E-state index in [2.05, 4.69) is 23.8 Å². The number of rotatable bonds is 4. The molecular formula is C19H26N4O. The van der Waals surface area contributed by atoms with Crippen molar-refractivity contribution in [2.24, 2.45) is 7.05 Å². The molecule has 0 radical (unpaired) electrons. The molecule has 2 aliphatic carbocycles. The van der Waals surface area contributed by atoms with Crippen LogP contribution in [0.25, 0.3) is 11.0 Å². The Balaban J connectivity index is 1.85. The maximum absolute atomic E-state index is 13.5. The largest absolute Gasteiger partial charge is 0.333 e. The number of aromatic nitrogens is 3. The molecule has 2 heterocycles. The van der Waals surface area contributed by atoms with Crippen molar-refractivity contribution in [3.63, 3.8) is 0 Å². The number of carbonyl (C=O) groups excluding carboxylic acids is 1. The number of amides is 1. The summed E-state index contributed by atoms with van der Waals surface area (Å²) in [7, 11) is 1.92. The van der Waals surface area contributed by atoms with Gasteiger partial charge < -0.3 is 4.90 Å². The minimum Gasteiger partial charge on any atom is -0.333 e. The second-order valence-corrected chi connectivity index (χ2v) is 7.67. The van der Waals surface area contributed by atoms with E-state index in [1.165, 1.54) is 19.3 Å². The van der Waals surface area contributed by atoms with Crippen LogP contribution in [0.4, 0.5) is 0 Å². The summed E-state index contributed by atoms with van der Waals surface area (Å²) in [5.41, 5.74) is 3.60. The van der Waals surface area contributed by atoms with Gasteiger partial charge in [-0.3, -0.25) is 9.48 Å². The fourth-order valence-corrected chi connectivity index (χ4v) is 3.85. The Bertz CT molecular complexity index is 799. The molecule has 4 rings (SSSR count). The molecule has 24 heavy (non-hydrogen) atoms. The van der Waals surface area contributed by atoms with Gasteiger partial charge in [0.2, 0.25) is 0 Å². The highest BCUT2D eigenvalue weighted by Gasteiger charge is 2.34. The van der Waals surface area contributed by atoms with Crippen molar-refractivity contribution in [2.75, 3.05) is 0 Å². The van der Waals surface area contributed by atoms with Crippen LogP contribution in [-0.4, -0.2) is 37.7 Å². The van der Waals surface area contributed by atoms with Crippen LogP contribution in [0.15, 0.2) is 6.07 Å². The van der Waals surface area contributed by atoms with Crippen LogP contribution in [0.5, 0.6) is 0 Å². The Morgan fingerprint density at radius 1 is 1.29 bits per heavy atom. The molecule has 0 aromatic carbocycles. The Morgan fingerprint density at radius 2 is 2.00 bits per heavy atom. The normalized spacial score (nSPS) is 18.2. The van der Waals surface area contributed by atoms with Crippen LogP contribution in [0, 0.1) is 6.92 Å². The summed E-state index contributed by atoms with van der Waals surface area (Å²) in [6.07, 6.45) is 5.84. The number of carbonyl (C=O) groups is 1. The SMILES string of the molecule is Cc1nn(C)c2nc(C3CC3)cc(C(=O)N(C(C)C)C3CCC3)c12. The van der Waals surface area contributed by atoms with Gasteiger partial charge in [-0.1, -0.05) is 0 Å². The number of nitrogens with zero attached hydrogens (tertiary/aromatic N) is 4. The Kier molecular flexibility index (Phi) is 3.62. The number of hydrogen-bond acceptors (Lipinski definition) is 3. The molecule has 0 aliphatic heterocycles. The summed E-state index contributed by atoms with van der Waals surface area (Å²) in [4.78, 5) is 20.4. The maximum Gasteiger partial charge on any atom is 0.255 e. The molecule has 0 unspecified atom stereocenters. The first kappa shape index (κ1) is 15.6. The summed E-state index contributed by atoms with van der Waals surface area (Å²) in [5, 5.41) is 5.45. The van der Waals surface area contributed by atoms with E-state index in [1.54, 1.807) is 0 Å². The minimum atomic E-state index is 0.153. The van der Waals surface area contributed by atoms with Gasteiger partial charge in [-0.05, 0) is 58.9 Å². The summed E-state index contributed by atoms with van der Waals surface area (Å²) in [5.74, 6) is 0.674. The van der Waals surface area contributed by atoms with Crippen LogP contribution in [0.1, 0.15) is 73.6 Å². The standard InChI is InChI=1S/C19H26N4O/c1-11(2)23(14-6-5-7-14)19(24)15-10-16(13-8-9-13)20-18-17(15)12(3)21-22(18)4/h10-11,13-14H,5-9H2,1-4H3. The van der Waals surface area contributed by atoms with Crippen LogP contribution in [0.3, 0.4) is 0 Å². The number of fused-ring (bicyclic) bond motifs is 1. The summed E-state index contributed by atoms with van der Waals surface area (Å²) >= 11 is 0. The van der Waals surface area contributed by atoms with E-state index in [-0.39, 0.29) is 11.9 Å². The van der Waals surface area contributed by atoms with Crippen molar-refractivity contribution in [3.8, 4) is 0 Å². The Labute approximate surface area is 143 Å². The fraction of sp³-hybridized carbons (Fsp3) is 0.632. The lowest BCUT2D eigenvalue weighted by Gasteiger charge is -2.40. The summed E-state index contributed by atoms with van der Waals surface area (Å²) in [6.45, 7) is 6.21. The van der Waals surface area contributed by atoms with E-state index in [9.17, 15) is 4.79 Å². The molecule has 2 aromatic rings. The first-order valence-corrected chi connectivity index (χ1v) is 9.14. The van der Waals surface area contributed by atoms with Gasteiger partial charge in [-0.25, -0.2) is 4.98 Å².